The third-order valence-electron chi connectivity index (χ3n) is 3.54. The Morgan fingerprint density at radius 3 is 2.80 bits per heavy atom. The molecule has 134 valence electrons. The lowest BCUT2D eigenvalue weighted by atomic mass is 10.1. The van der Waals surface area contributed by atoms with Gasteiger partial charge in [0.1, 0.15) is 5.75 Å². The van der Waals surface area contributed by atoms with Gasteiger partial charge in [-0.2, -0.15) is 0 Å². The summed E-state index contributed by atoms with van der Waals surface area (Å²) in [5, 5.41) is 6.19. The van der Waals surface area contributed by atoms with Crippen LogP contribution in [0.4, 0.5) is 17.1 Å². The normalized spacial score (nSPS) is 12.8. The van der Waals surface area contributed by atoms with E-state index in [0.29, 0.717) is 23.6 Å². The van der Waals surface area contributed by atoms with Crippen LogP contribution < -0.4 is 20.9 Å². The van der Waals surface area contributed by atoms with Crippen molar-refractivity contribution in [3.8, 4) is 5.75 Å². The largest absolute Gasteiger partial charge is 0.497 e. The van der Waals surface area contributed by atoms with Gasteiger partial charge in [0.05, 0.1) is 30.7 Å². The van der Waals surface area contributed by atoms with Crippen LogP contribution >= 0.6 is 0 Å². The highest BCUT2D eigenvalue weighted by Gasteiger charge is 2.16. The Morgan fingerprint density at radius 2 is 2.00 bits per heavy atom. The molecule has 0 spiro atoms. The molecule has 3 N–H and O–H groups in total. The minimum Gasteiger partial charge on any atom is -0.497 e. The van der Waals surface area contributed by atoms with E-state index in [4.69, 9.17) is 9.57 Å². The highest BCUT2D eigenvalue weighted by molar-refractivity contribution is 6.09. The Labute approximate surface area is 148 Å². The SMILES string of the molecule is CC.COc1cccc(NC(=O)c2cccc3c2NCCCON3)c1. The minimum atomic E-state index is -0.190. The number of carbonyl (C=O) groups excluding carboxylic acids is 1. The summed E-state index contributed by atoms with van der Waals surface area (Å²) in [6.07, 6.45) is 0.859. The topological polar surface area (TPSA) is 71.6 Å². The Kier molecular flexibility index (Phi) is 7.10. The number of benzene rings is 2. The van der Waals surface area contributed by atoms with E-state index in [1.807, 2.05) is 44.2 Å². The van der Waals surface area contributed by atoms with Crippen LogP contribution in [0.5, 0.6) is 5.75 Å². The Morgan fingerprint density at radius 1 is 1.20 bits per heavy atom. The Balaban J connectivity index is 0.00000109. The molecule has 2 aromatic carbocycles. The van der Waals surface area contributed by atoms with Crippen LogP contribution in [0, 0.1) is 0 Å². The molecule has 0 radical (unpaired) electrons. The molecular weight excluding hydrogens is 318 g/mol. The molecule has 1 heterocycles. The summed E-state index contributed by atoms with van der Waals surface area (Å²) in [4.78, 5) is 18.0. The zero-order chi connectivity index (χ0) is 18.1. The molecule has 0 bridgehead atoms. The number of nitrogens with one attached hydrogen (secondary N) is 3. The number of ether oxygens (including phenoxy) is 1. The van der Waals surface area contributed by atoms with Gasteiger partial charge in [-0.1, -0.05) is 26.0 Å². The van der Waals surface area contributed by atoms with Crippen molar-refractivity contribution in [2.75, 3.05) is 36.4 Å². The van der Waals surface area contributed by atoms with Gasteiger partial charge < -0.3 is 15.4 Å². The number of anilines is 3. The van der Waals surface area contributed by atoms with Gasteiger partial charge in [-0.15, -0.1) is 0 Å². The second kappa shape index (κ2) is 9.54. The van der Waals surface area contributed by atoms with Gasteiger partial charge in [-0.25, -0.2) is 0 Å². The van der Waals surface area contributed by atoms with Crippen LogP contribution in [0.3, 0.4) is 0 Å². The molecule has 2 aromatic rings. The molecule has 0 saturated carbocycles. The summed E-state index contributed by atoms with van der Waals surface area (Å²) in [7, 11) is 1.59. The molecule has 6 nitrogen and oxygen atoms in total. The van der Waals surface area contributed by atoms with Crippen molar-refractivity contribution in [2.45, 2.75) is 20.3 Å². The van der Waals surface area contributed by atoms with Crippen molar-refractivity contribution in [1.82, 2.24) is 0 Å². The van der Waals surface area contributed by atoms with E-state index in [1.54, 1.807) is 19.2 Å². The summed E-state index contributed by atoms with van der Waals surface area (Å²) in [5.74, 6) is 0.504. The van der Waals surface area contributed by atoms with E-state index in [1.165, 1.54) is 0 Å². The fraction of sp³-hybridized carbons (Fsp3) is 0.316. The number of fused-ring (bicyclic) bond motifs is 1. The third kappa shape index (κ3) is 4.87. The maximum Gasteiger partial charge on any atom is 0.257 e. The predicted molar refractivity (Wildman–Crippen MR) is 101 cm³/mol. The van der Waals surface area contributed by atoms with Crippen molar-refractivity contribution >= 4 is 23.0 Å². The van der Waals surface area contributed by atoms with Gasteiger partial charge in [0.15, 0.2) is 0 Å². The molecule has 0 aliphatic carbocycles. The number of amides is 1. The van der Waals surface area contributed by atoms with Crippen LogP contribution in [-0.4, -0.2) is 26.2 Å². The van der Waals surface area contributed by atoms with Crippen LogP contribution in [0.15, 0.2) is 42.5 Å². The molecule has 1 aliphatic rings. The number of carbonyl (C=O) groups is 1. The fourth-order valence-electron chi connectivity index (χ4n) is 2.40. The monoisotopic (exact) mass is 343 g/mol. The van der Waals surface area contributed by atoms with E-state index in [9.17, 15) is 4.79 Å². The van der Waals surface area contributed by atoms with Gasteiger partial charge >= 0.3 is 0 Å². The van der Waals surface area contributed by atoms with E-state index in [0.717, 1.165) is 24.3 Å². The summed E-state index contributed by atoms with van der Waals surface area (Å²) < 4.78 is 5.17. The van der Waals surface area contributed by atoms with Crippen molar-refractivity contribution in [3.05, 3.63) is 48.0 Å². The molecule has 6 heteroatoms. The first kappa shape index (κ1) is 18.6. The lowest BCUT2D eigenvalue weighted by Crippen LogP contribution is -2.19. The highest BCUT2D eigenvalue weighted by Crippen LogP contribution is 2.28. The first-order valence-electron chi connectivity index (χ1n) is 8.48. The van der Waals surface area contributed by atoms with Crippen molar-refractivity contribution in [3.63, 3.8) is 0 Å². The zero-order valence-electron chi connectivity index (χ0n) is 14.9. The molecule has 0 saturated heterocycles. The summed E-state index contributed by atoms with van der Waals surface area (Å²) in [6.45, 7) is 5.37. The number of para-hydroxylation sites is 1. The smallest absolute Gasteiger partial charge is 0.257 e. The number of methoxy groups -OCH3 is 1. The first-order chi connectivity index (χ1) is 12.3. The lowest BCUT2D eigenvalue weighted by molar-refractivity contribution is 0.102. The van der Waals surface area contributed by atoms with Gasteiger partial charge in [0.2, 0.25) is 0 Å². The van der Waals surface area contributed by atoms with Crippen LogP contribution in [0.25, 0.3) is 0 Å². The third-order valence-corrected chi connectivity index (χ3v) is 3.54. The summed E-state index contributed by atoms with van der Waals surface area (Å²) in [5.41, 5.74) is 5.62. The Bertz CT molecular complexity index is 704. The first-order valence-corrected chi connectivity index (χ1v) is 8.48. The average molecular weight is 343 g/mol. The fourth-order valence-corrected chi connectivity index (χ4v) is 2.40. The van der Waals surface area contributed by atoms with Gasteiger partial charge in [-0.05, 0) is 30.7 Å². The Hall–Kier alpha value is -2.73. The van der Waals surface area contributed by atoms with Gasteiger partial charge in [0, 0.05) is 18.3 Å². The quantitative estimate of drug-likeness (QED) is 0.781. The van der Waals surface area contributed by atoms with E-state index >= 15 is 0 Å². The molecule has 25 heavy (non-hydrogen) atoms. The lowest BCUT2D eigenvalue weighted by Gasteiger charge is -2.20. The van der Waals surface area contributed by atoms with E-state index < -0.39 is 0 Å². The molecule has 0 atom stereocenters. The average Bonchev–Trinajstić information content (AvgIpc) is 2.63. The van der Waals surface area contributed by atoms with E-state index in [-0.39, 0.29) is 5.91 Å². The summed E-state index contributed by atoms with van der Waals surface area (Å²) in [6, 6.07) is 12.7. The molecular formula is C19H25N3O3. The molecule has 0 unspecified atom stereocenters. The van der Waals surface area contributed by atoms with Crippen LogP contribution in [-0.2, 0) is 4.84 Å². The second-order valence-electron chi connectivity index (χ2n) is 5.15. The van der Waals surface area contributed by atoms with Crippen molar-refractivity contribution in [1.29, 1.82) is 0 Å². The van der Waals surface area contributed by atoms with Gasteiger partial charge in [-0.3, -0.25) is 15.1 Å². The highest BCUT2D eigenvalue weighted by atomic mass is 16.6. The molecule has 0 fully saturated rings. The van der Waals surface area contributed by atoms with Crippen molar-refractivity contribution < 1.29 is 14.4 Å². The number of hydrogen-bond donors (Lipinski definition) is 3. The molecule has 0 aromatic heterocycles. The summed E-state index contributed by atoms with van der Waals surface area (Å²) >= 11 is 0. The zero-order valence-corrected chi connectivity index (χ0v) is 14.9. The van der Waals surface area contributed by atoms with E-state index in [2.05, 4.69) is 16.1 Å². The minimum absolute atomic E-state index is 0.190. The maximum atomic E-state index is 12.6. The van der Waals surface area contributed by atoms with Crippen molar-refractivity contribution in [2.24, 2.45) is 0 Å². The number of hydrogen-bond acceptors (Lipinski definition) is 5. The predicted octanol–water partition coefficient (Wildman–Crippen LogP) is 4.13. The molecule has 1 aliphatic heterocycles. The van der Waals surface area contributed by atoms with Crippen LogP contribution in [0.2, 0.25) is 0 Å². The van der Waals surface area contributed by atoms with Gasteiger partial charge in [0.25, 0.3) is 5.91 Å². The molecule has 1 amide bonds. The van der Waals surface area contributed by atoms with Crippen LogP contribution in [0.1, 0.15) is 30.6 Å². The number of rotatable bonds is 3. The maximum absolute atomic E-state index is 12.6. The molecule has 3 rings (SSSR count). The standard InChI is InChI=1S/C17H19N3O3.C2H6/c1-22-13-6-2-5-12(11-13)19-17(21)14-7-3-8-15-16(14)18-9-4-10-23-20-15;1-2/h2-3,5-8,11,18,20H,4,9-10H2,1H3,(H,19,21);1-2H3. The second-order valence-corrected chi connectivity index (χ2v) is 5.15.